The van der Waals surface area contributed by atoms with E-state index in [4.69, 9.17) is 4.74 Å². The molecule has 0 bridgehead atoms. The van der Waals surface area contributed by atoms with Gasteiger partial charge in [-0.3, -0.25) is 14.0 Å². The van der Waals surface area contributed by atoms with Gasteiger partial charge in [-0.05, 0) is 36.4 Å². The summed E-state index contributed by atoms with van der Waals surface area (Å²) >= 11 is 1.02. The number of ether oxygens (including phenoxy) is 1. The first kappa shape index (κ1) is 17.9. The molecular formula is C19H16N2O4S. The molecule has 0 saturated heterocycles. The summed E-state index contributed by atoms with van der Waals surface area (Å²) in [5.74, 6) is -0.711. The van der Waals surface area contributed by atoms with Crippen LogP contribution < -0.4 is 5.56 Å². The van der Waals surface area contributed by atoms with Crippen LogP contribution in [0.5, 0.6) is 0 Å². The summed E-state index contributed by atoms with van der Waals surface area (Å²) in [5.41, 5.74) is 0.588. The zero-order valence-corrected chi connectivity index (χ0v) is 14.9. The quantitative estimate of drug-likeness (QED) is 0.509. The first-order valence-corrected chi connectivity index (χ1v) is 8.84. The lowest BCUT2D eigenvalue weighted by Crippen LogP contribution is -2.24. The number of benzene rings is 1. The molecule has 1 aromatic carbocycles. The van der Waals surface area contributed by atoms with Gasteiger partial charge in [0.2, 0.25) is 0 Å². The fourth-order valence-electron chi connectivity index (χ4n) is 2.43. The average Bonchev–Trinajstić information content (AvgIpc) is 2.63. The number of esters is 1. The van der Waals surface area contributed by atoms with E-state index in [9.17, 15) is 14.4 Å². The van der Waals surface area contributed by atoms with Crippen molar-refractivity contribution in [1.82, 2.24) is 9.38 Å². The van der Waals surface area contributed by atoms with Crippen LogP contribution in [0.15, 0.2) is 64.5 Å². The second kappa shape index (κ2) is 7.97. The van der Waals surface area contributed by atoms with Gasteiger partial charge in [0.25, 0.3) is 5.56 Å². The molecule has 132 valence electrons. The Morgan fingerprint density at radius 1 is 1.15 bits per heavy atom. The predicted molar refractivity (Wildman–Crippen MR) is 98.4 cm³/mol. The molecule has 2 heterocycles. The van der Waals surface area contributed by atoms with Crippen molar-refractivity contribution < 1.29 is 14.3 Å². The normalized spacial score (nSPS) is 10.7. The molecule has 3 rings (SSSR count). The molecule has 0 N–H and O–H groups in total. The first-order valence-electron chi connectivity index (χ1n) is 8.02. The maximum Gasteiger partial charge on any atom is 0.345 e. The van der Waals surface area contributed by atoms with Gasteiger partial charge in [-0.1, -0.05) is 30.3 Å². The molecule has 3 aromatic rings. The van der Waals surface area contributed by atoms with Crippen molar-refractivity contribution in [3.05, 3.63) is 76.3 Å². The average molecular weight is 368 g/mol. The summed E-state index contributed by atoms with van der Waals surface area (Å²) in [4.78, 5) is 41.4. The van der Waals surface area contributed by atoms with Crippen LogP contribution in [0.25, 0.3) is 5.65 Å². The SMILES string of the molecule is CCOC(=O)c1cnc2c(SC(=O)Cc3ccccc3)cccn2c1=O. The van der Waals surface area contributed by atoms with E-state index >= 15 is 0 Å². The Morgan fingerprint density at radius 2 is 1.92 bits per heavy atom. The third-order valence-corrected chi connectivity index (χ3v) is 4.52. The second-order valence-electron chi connectivity index (χ2n) is 5.40. The number of rotatable bonds is 5. The van der Waals surface area contributed by atoms with Gasteiger partial charge in [0.15, 0.2) is 10.8 Å². The highest BCUT2D eigenvalue weighted by Crippen LogP contribution is 2.23. The van der Waals surface area contributed by atoms with Gasteiger partial charge in [0.05, 0.1) is 11.5 Å². The van der Waals surface area contributed by atoms with Crippen LogP contribution in [0, 0.1) is 0 Å². The van der Waals surface area contributed by atoms with E-state index in [0.717, 1.165) is 17.3 Å². The maximum atomic E-state index is 12.5. The Balaban J connectivity index is 1.90. The molecule has 7 heteroatoms. The van der Waals surface area contributed by atoms with Crippen LogP contribution in [0.4, 0.5) is 0 Å². The largest absolute Gasteiger partial charge is 0.462 e. The van der Waals surface area contributed by atoms with E-state index in [0.29, 0.717) is 10.5 Å². The van der Waals surface area contributed by atoms with Crippen LogP contribution in [-0.4, -0.2) is 27.1 Å². The van der Waals surface area contributed by atoms with Gasteiger partial charge in [0, 0.05) is 18.8 Å². The van der Waals surface area contributed by atoms with Gasteiger partial charge < -0.3 is 4.74 Å². The van der Waals surface area contributed by atoms with Gasteiger partial charge in [-0.2, -0.15) is 0 Å². The Labute approximate surface area is 153 Å². The molecule has 0 atom stereocenters. The van der Waals surface area contributed by atoms with Crippen molar-refractivity contribution in [2.24, 2.45) is 0 Å². The number of thioether (sulfide) groups is 1. The summed E-state index contributed by atoms with van der Waals surface area (Å²) in [6.07, 6.45) is 2.98. The molecule has 0 saturated carbocycles. The van der Waals surface area contributed by atoms with Gasteiger partial charge >= 0.3 is 5.97 Å². The predicted octanol–water partition coefficient (Wildman–Crippen LogP) is 2.73. The van der Waals surface area contributed by atoms with Gasteiger partial charge in [-0.25, -0.2) is 9.78 Å². The van der Waals surface area contributed by atoms with Crippen LogP contribution in [0.2, 0.25) is 0 Å². The summed E-state index contributed by atoms with van der Waals surface area (Å²) in [7, 11) is 0. The van der Waals surface area contributed by atoms with Crippen molar-refractivity contribution >= 4 is 28.5 Å². The molecule has 0 spiro atoms. The Bertz CT molecular complexity index is 1010. The monoisotopic (exact) mass is 368 g/mol. The fraction of sp³-hybridized carbons (Fsp3) is 0.158. The fourth-order valence-corrected chi connectivity index (χ4v) is 3.30. The van der Waals surface area contributed by atoms with Crippen molar-refractivity contribution in [3.63, 3.8) is 0 Å². The molecule has 0 fully saturated rings. The zero-order chi connectivity index (χ0) is 18.5. The lowest BCUT2D eigenvalue weighted by molar-refractivity contribution is -0.110. The van der Waals surface area contributed by atoms with Crippen molar-refractivity contribution in [3.8, 4) is 0 Å². The second-order valence-corrected chi connectivity index (χ2v) is 6.50. The minimum Gasteiger partial charge on any atom is -0.462 e. The molecule has 0 amide bonds. The lowest BCUT2D eigenvalue weighted by Gasteiger charge is -2.07. The lowest BCUT2D eigenvalue weighted by atomic mass is 10.2. The van der Waals surface area contributed by atoms with Crippen LogP contribution >= 0.6 is 11.8 Å². The van der Waals surface area contributed by atoms with E-state index in [1.54, 1.807) is 19.1 Å². The topological polar surface area (TPSA) is 77.7 Å². The van der Waals surface area contributed by atoms with E-state index in [1.165, 1.54) is 16.8 Å². The minimum absolute atomic E-state index is 0.0620. The summed E-state index contributed by atoms with van der Waals surface area (Å²) in [5, 5.41) is -0.0620. The summed E-state index contributed by atoms with van der Waals surface area (Å²) in [6.45, 7) is 1.84. The van der Waals surface area contributed by atoms with E-state index in [1.807, 2.05) is 30.3 Å². The van der Waals surface area contributed by atoms with Crippen LogP contribution in [-0.2, 0) is 16.0 Å². The van der Waals surface area contributed by atoms with E-state index in [-0.39, 0.29) is 23.7 Å². The molecular weight excluding hydrogens is 352 g/mol. The van der Waals surface area contributed by atoms with E-state index < -0.39 is 11.5 Å². The van der Waals surface area contributed by atoms with Crippen molar-refractivity contribution in [2.75, 3.05) is 6.61 Å². The van der Waals surface area contributed by atoms with Crippen molar-refractivity contribution in [2.45, 2.75) is 18.2 Å². The number of hydrogen-bond donors (Lipinski definition) is 0. The molecule has 0 aliphatic rings. The smallest absolute Gasteiger partial charge is 0.345 e. The molecule has 0 unspecified atom stereocenters. The molecule has 2 aromatic heterocycles. The Hall–Kier alpha value is -2.93. The Morgan fingerprint density at radius 3 is 2.65 bits per heavy atom. The molecule has 0 aliphatic heterocycles. The number of carbonyl (C=O) groups excluding carboxylic acids is 2. The maximum absolute atomic E-state index is 12.5. The molecule has 26 heavy (non-hydrogen) atoms. The number of fused-ring (bicyclic) bond motifs is 1. The highest BCUT2D eigenvalue weighted by Gasteiger charge is 2.17. The number of aromatic nitrogens is 2. The third kappa shape index (κ3) is 3.83. The highest BCUT2D eigenvalue weighted by molar-refractivity contribution is 8.13. The molecule has 0 radical (unpaired) electrons. The summed E-state index contributed by atoms with van der Waals surface area (Å²) < 4.78 is 6.12. The minimum atomic E-state index is -0.711. The first-order chi connectivity index (χ1) is 12.6. The zero-order valence-electron chi connectivity index (χ0n) is 14.0. The molecule has 6 nitrogen and oxygen atoms in total. The van der Waals surface area contributed by atoms with Crippen LogP contribution in [0.1, 0.15) is 22.8 Å². The molecule has 0 aliphatic carbocycles. The van der Waals surface area contributed by atoms with E-state index in [2.05, 4.69) is 4.98 Å². The standard InChI is InChI=1S/C19H16N2O4S/c1-2-25-19(24)14-12-20-17-15(9-6-10-21(17)18(14)23)26-16(22)11-13-7-4-3-5-8-13/h3-10,12H,2,11H2,1H3. The van der Waals surface area contributed by atoms with Crippen LogP contribution in [0.3, 0.4) is 0 Å². The Kier molecular flexibility index (Phi) is 5.48. The van der Waals surface area contributed by atoms with Gasteiger partial charge in [-0.15, -0.1) is 0 Å². The summed E-state index contributed by atoms with van der Waals surface area (Å²) in [6, 6.07) is 12.8. The van der Waals surface area contributed by atoms with Crippen molar-refractivity contribution in [1.29, 1.82) is 0 Å². The van der Waals surface area contributed by atoms with Gasteiger partial charge in [0.1, 0.15) is 5.56 Å². The highest BCUT2D eigenvalue weighted by atomic mass is 32.2. The number of carbonyl (C=O) groups is 2. The number of nitrogens with zero attached hydrogens (tertiary/aromatic N) is 2. The number of pyridine rings is 1. The number of hydrogen-bond acceptors (Lipinski definition) is 6. The third-order valence-electron chi connectivity index (χ3n) is 3.61.